The highest BCUT2D eigenvalue weighted by molar-refractivity contribution is 6.05. The van der Waals surface area contributed by atoms with E-state index in [0.717, 1.165) is 56.7 Å². The lowest BCUT2D eigenvalue weighted by atomic mass is 10.0. The highest BCUT2D eigenvalue weighted by atomic mass is 16.2. The molecule has 4 amide bonds. The van der Waals surface area contributed by atoms with E-state index in [1.807, 2.05) is 17.0 Å². The highest BCUT2D eigenvalue weighted by Gasteiger charge is 2.39. The third-order valence-corrected chi connectivity index (χ3v) is 7.04. The zero-order chi connectivity index (χ0) is 22.2. The number of rotatable bonds is 4. The van der Waals surface area contributed by atoms with Crippen LogP contribution in [0.4, 0.5) is 0 Å². The number of carbonyl (C=O) groups is 4. The van der Waals surface area contributed by atoms with E-state index >= 15 is 0 Å². The topological polar surface area (TPSA) is 102 Å². The van der Waals surface area contributed by atoms with Gasteiger partial charge in [0.25, 0.3) is 5.91 Å². The second-order valence-corrected chi connectivity index (χ2v) is 9.19. The Balaban J connectivity index is 1.25. The van der Waals surface area contributed by atoms with Crippen molar-refractivity contribution >= 4 is 23.6 Å². The molecule has 0 bridgehead atoms. The number of nitrogens with one attached hydrogen (secondary N) is 2. The molecule has 32 heavy (non-hydrogen) atoms. The minimum Gasteiger partial charge on any atom is -0.336 e. The lowest BCUT2D eigenvalue weighted by molar-refractivity contribution is -0.137. The van der Waals surface area contributed by atoms with Gasteiger partial charge in [0.15, 0.2) is 0 Å². The first-order valence-electron chi connectivity index (χ1n) is 11.5. The molecule has 2 unspecified atom stereocenters. The van der Waals surface area contributed by atoms with E-state index in [1.54, 1.807) is 4.90 Å². The van der Waals surface area contributed by atoms with E-state index in [-0.39, 0.29) is 36.1 Å². The number of likely N-dealkylation sites (tertiary alicyclic amines) is 1. The predicted octanol–water partition coefficient (Wildman–Crippen LogP) is -0.156. The molecule has 1 aromatic carbocycles. The quantitative estimate of drug-likeness (QED) is 0.633. The summed E-state index contributed by atoms with van der Waals surface area (Å²) in [5.41, 5.74) is 2.71. The van der Waals surface area contributed by atoms with Crippen LogP contribution in [0.3, 0.4) is 0 Å². The van der Waals surface area contributed by atoms with Crippen LogP contribution in [0, 0.1) is 0 Å². The summed E-state index contributed by atoms with van der Waals surface area (Å²) in [6.45, 7) is 5.08. The molecule has 2 N–H and O–H groups in total. The van der Waals surface area contributed by atoms with Crippen molar-refractivity contribution < 1.29 is 19.2 Å². The number of piperidine rings is 2. The Bertz CT molecular complexity index is 964. The van der Waals surface area contributed by atoms with E-state index in [1.165, 1.54) is 0 Å². The van der Waals surface area contributed by atoms with E-state index in [0.29, 0.717) is 25.1 Å². The van der Waals surface area contributed by atoms with Crippen molar-refractivity contribution in [3.8, 4) is 0 Å². The molecule has 9 heteroatoms. The Morgan fingerprint density at radius 2 is 1.91 bits per heavy atom. The molecule has 3 fully saturated rings. The minimum absolute atomic E-state index is 0.142. The van der Waals surface area contributed by atoms with Crippen molar-refractivity contribution in [2.24, 2.45) is 0 Å². The molecule has 9 nitrogen and oxygen atoms in total. The van der Waals surface area contributed by atoms with Crippen LogP contribution < -0.4 is 10.6 Å². The Morgan fingerprint density at radius 1 is 1.03 bits per heavy atom. The molecule has 5 rings (SSSR count). The van der Waals surface area contributed by atoms with Gasteiger partial charge in [-0.1, -0.05) is 12.1 Å². The average Bonchev–Trinajstić information content (AvgIpc) is 3.10. The molecule has 3 saturated heterocycles. The first-order chi connectivity index (χ1) is 15.5. The summed E-state index contributed by atoms with van der Waals surface area (Å²) in [6.07, 6.45) is 2.74. The van der Waals surface area contributed by atoms with Gasteiger partial charge in [-0.2, -0.15) is 0 Å². The normalized spacial score (nSPS) is 27.0. The van der Waals surface area contributed by atoms with Gasteiger partial charge in [0, 0.05) is 50.7 Å². The maximum absolute atomic E-state index is 12.9. The van der Waals surface area contributed by atoms with Crippen molar-refractivity contribution in [1.82, 2.24) is 25.3 Å². The third kappa shape index (κ3) is 4.02. The molecule has 0 saturated carbocycles. The molecule has 0 spiro atoms. The molecule has 170 valence electrons. The van der Waals surface area contributed by atoms with Crippen LogP contribution in [0.5, 0.6) is 0 Å². The van der Waals surface area contributed by atoms with Crippen LogP contribution in [0.15, 0.2) is 18.2 Å². The number of hydrogen-bond donors (Lipinski definition) is 2. The van der Waals surface area contributed by atoms with Crippen molar-refractivity contribution in [3.05, 3.63) is 34.9 Å². The summed E-state index contributed by atoms with van der Waals surface area (Å²) in [7, 11) is 0. The van der Waals surface area contributed by atoms with Gasteiger partial charge >= 0.3 is 0 Å². The fourth-order valence-electron chi connectivity index (χ4n) is 5.42. The number of fused-ring (bicyclic) bond motifs is 1. The van der Waals surface area contributed by atoms with Crippen LogP contribution in [-0.4, -0.2) is 83.1 Å². The maximum Gasteiger partial charge on any atom is 0.255 e. The number of benzene rings is 1. The number of carbonyl (C=O) groups excluding carboxylic acids is 4. The van der Waals surface area contributed by atoms with Crippen molar-refractivity contribution in [2.45, 2.75) is 50.9 Å². The Hall–Kier alpha value is -2.78. The minimum atomic E-state index is -0.588. The largest absolute Gasteiger partial charge is 0.336 e. The van der Waals surface area contributed by atoms with E-state index in [2.05, 4.69) is 21.6 Å². The van der Waals surface area contributed by atoms with Gasteiger partial charge in [0.2, 0.25) is 17.7 Å². The van der Waals surface area contributed by atoms with Gasteiger partial charge in [-0.15, -0.1) is 0 Å². The molecule has 0 aliphatic carbocycles. The standard InChI is InChI=1S/C23H29N5O4/c29-20-6-5-19(22(31)25-20)28-13-16-10-15(3-4-18(16)23(28)32)12-26-8-1-2-17(14-26)27-9-7-24-11-21(27)30/h3-4,10,17,19,24H,1-2,5-9,11-14H2,(H,25,29,31). The van der Waals surface area contributed by atoms with Crippen molar-refractivity contribution in [2.75, 3.05) is 32.7 Å². The fraction of sp³-hybridized carbons (Fsp3) is 0.565. The summed E-state index contributed by atoms with van der Waals surface area (Å²) in [4.78, 5) is 54.8. The Kier molecular flexibility index (Phi) is 5.69. The zero-order valence-electron chi connectivity index (χ0n) is 18.1. The lowest BCUT2D eigenvalue weighted by Gasteiger charge is -2.41. The van der Waals surface area contributed by atoms with Gasteiger partial charge in [-0.25, -0.2) is 0 Å². The predicted molar refractivity (Wildman–Crippen MR) is 115 cm³/mol. The van der Waals surface area contributed by atoms with Crippen LogP contribution in [0.2, 0.25) is 0 Å². The number of nitrogens with zero attached hydrogens (tertiary/aromatic N) is 3. The third-order valence-electron chi connectivity index (χ3n) is 7.04. The number of amides is 4. The summed E-state index contributed by atoms with van der Waals surface area (Å²) >= 11 is 0. The monoisotopic (exact) mass is 439 g/mol. The summed E-state index contributed by atoms with van der Waals surface area (Å²) in [5.74, 6) is -0.617. The van der Waals surface area contributed by atoms with Gasteiger partial charge in [0.1, 0.15) is 6.04 Å². The molecular formula is C23H29N5O4. The first-order valence-corrected chi connectivity index (χ1v) is 11.5. The number of imide groups is 1. The van der Waals surface area contributed by atoms with E-state index in [4.69, 9.17) is 0 Å². The van der Waals surface area contributed by atoms with Gasteiger partial charge in [0.05, 0.1) is 6.54 Å². The zero-order valence-corrected chi connectivity index (χ0v) is 18.1. The summed E-state index contributed by atoms with van der Waals surface area (Å²) in [6, 6.07) is 5.59. The van der Waals surface area contributed by atoms with Crippen LogP contribution in [-0.2, 0) is 27.5 Å². The van der Waals surface area contributed by atoms with Crippen molar-refractivity contribution in [3.63, 3.8) is 0 Å². The van der Waals surface area contributed by atoms with E-state index in [9.17, 15) is 19.2 Å². The van der Waals surface area contributed by atoms with Gasteiger partial charge in [-0.3, -0.25) is 29.4 Å². The summed E-state index contributed by atoms with van der Waals surface area (Å²) in [5, 5.41) is 5.48. The van der Waals surface area contributed by atoms with Gasteiger partial charge < -0.3 is 15.1 Å². The Morgan fingerprint density at radius 3 is 2.72 bits per heavy atom. The van der Waals surface area contributed by atoms with Crippen LogP contribution in [0.1, 0.15) is 47.2 Å². The molecule has 2 atom stereocenters. The SMILES string of the molecule is O=C1CCC(N2Cc3cc(CN4CCCC(N5CCNCC5=O)C4)ccc3C2=O)C(=O)N1. The van der Waals surface area contributed by atoms with Gasteiger partial charge in [-0.05, 0) is 43.0 Å². The van der Waals surface area contributed by atoms with Crippen LogP contribution in [0.25, 0.3) is 0 Å². The molecule has 4 aliphatic rings. The average molecular weight is 440 g/mol. The van der Waals surface area contributed by atoms with Crippen molar-refractivity contribution in [1.29, 1.82) is 0 Å². The second kappa shape index (κ2) is 8.63. The van der Waals surface area contributed by atoms with Crippen LogP contribution >= 0.6 is 0 Å². The second-order valence-electron chi connectivity index (χ2n) is 9.19. The number of hydrogen-bond acceptors (Lipinski definition) is 6. The van der Waals surface area contributed by atoms with E-state index < -0.39 is 6.04 Å². The molecule has 1 aromatic rings. The smallest absolute Gasteiger partial charge is 0.255 e. The fourth-order valence-corrected chi connectivity index (χ4v) is 5.42. The molecule has 0 aromatic heterocycles. The highest BCUT2D eigenvalue weighted by Crippen LogP contribution is 2.29. The Labute approximate surface area is 187 Å². The first kappa shape index (κ1) is 21.1. The maximum atomic E-state index is 12.9. The molecular weight excluding hydrogens is 410 g/mol. The lowest BCUT2D eigenvalue weighted by Crippen LogP contribution is -2.56. The molecule has 0 radical (unpaired) electrons. The summed E-state index contributed by atoms with van der Waals surface area (Å²) < 4.78 is 0. The number of piperazine rings is 1. The molecule has 4 aliphatic heterocycles. The molecule has 4 heterocycles.